The van der Waals surface area contributed by atoms with Crippen LogP contribution in [0.4, 0.5) is 0 Å². The quantitative estimate of drug-likeness (QED) is 0.0174. The lowest BCUT2D eigenvalue weighted by molar-refractivity contribution is -0.870. The Kier molecular flexibility index (Phi) is 35.9. The van der Waals surface area contributed by atoms with E-state index in [1.54, 1.807) is 12.2 Å². The molecular weight excluding hydrogens is 850 g/mol. The molecule has 3 N–H and O–H groups in total. The number of carbonyl (C=O) groups excluding carboxylic acids is 2. The molecular formula is C51H90NO12P. The Bertz CT molecular complexity index is 1410. The lowest BCUT2D eigenvalue weighted by Crippen LogP contribution is -2.43. The van der Waals surface area contributed by atoms with Gasteiger partial charge in [-0.15, -0.1) is 0 Å². The molecule has 0 saturated carbocycles. The van der Waals surface area contributed by atoms with E-state index in [-0.39, 0.29) is 38.4 Å². The fourth-order valence-corrected chi connectivity index (χ4v) is 7.78. The maximum absolute atomic E-state index is 12.8. The van der Waals surface area contributed by atoms with Crippen LogP contribution in [-0.2, 0) is 37.4 Å². The van der Waals surface area contributed by atoms with Gasteiger partial charge in [-0.2, -0.15) is 0 Å². The predicted molar refractivity (Wildman–Crippen MR) is 257 cm³/mol. The summed E-state index contributed by atoms with van der Waals surface area (Å²) >= 11 is 0. The highest BCUT2D eigenvalue weighted by Gasteiger charge is 2.35. The minimum absolute atomic E-state index is 0.0771. The molecule has 0 aromatic rings. The molecule has 14 heteroatoms. The summed E-state index contributed by atoms with van der Waals surface area (Å²) in [4.78, 5) is 37.9. The van der Waals surface area contributed by atoms with Crippen LogP contribution in [0.5, 0.6) is 0 Å². The van der Waals surface area contributed by atoms with Gasteiger partial charge in [-0.05, 0) is 70.6 Å². The topological polar surface area (TPSA) is 181 Å². The van der Waals surface area contributed by atoms with Gasteiger partial charge in [0.15, 0.2) is 12.4 Å². The van der Waals surface area contributed by atoms with Gasteiger partial charge in [0.25, 0.3) is 7.82 Å². The van der Waals surface area contributed by atoms with Gasteiger partial charge in [0.05, 0.1) is 46.1 Å². The van der Waals surface area contributed by atoms with Gasteiger partial charge in [-0.1, -0.05) is 139 Å². The number of aliphatic hydroxyl groups excluding tert-OH is 3. The van der Waals surface area contributed by atoms with E-state index in [2.05, 4.69) is 50.3 Å². The van der Waals surface area contributed by atoms with Gasteiger partial charge in [0.2, 0.25) is 0 Å². The Hall–Kier alpha value is -2.45. The zero-order chi connectivity index (χ0) is 48.0. The van der Waals surface area contributed by atoms with Crippen LogP contribution < -0.4 is 4.89 Å². The summed E-state index contributed by atoms with van der Waals surface area (Å²) < 4.78 is 39.6. The Morgan fingerprint density at radius 1 is 0.738 bits per heavy atom. The molecule has 1 saturated heterocycles. The Labute approximate surface area is 393 Å². The van der Waals surface area contributed by atoms with Crippen LogP contribution >= 0.6 is 7.82 Å². The van der Waals surface area contributed by atoms with E-state index in [4.69, 9.17) is 23.3 Å². The number of quaternary nitrogens is 1. The molecule has 2 unspecified atom stereocenters. The summed E-state index contributed by atoms with van der Waals surface area (Å²) in [6.07, 6.45) is 37.2. The van der Waals surface area contributed by atoms with Crippen molar-refractivity contribution in [1.82, 2.24) is 0 Å². The summed E-state index contributed by atoms with van der Waals surface area (Å²) in [5.41, 5.74) is 0. The van der Waals surface area contributed by atoms with Gasteiger partial charge < -0.3 is 48.0 Å². The minimum Gasteiger partial charge on any atom is -0.756 e. The first kappa shape index (κ1) is 60.6. The van der Waals surface area contributed by atoms with Crippen molar-refractivity contribution < 1.29 is 62.1 Å². The van der Waals surface area contributed by atoms with Crippen molar-refractivity contribution >= 4 is 19.8 Å². The van der Waals surface area contributed by atoms with Crippen molar-refractivity contribution in [3.8, 4) is 0 Å². The molecule has 0 amide bonds. The standard InChI is InChI=1S/C51H90NO12P/c1-6-8-10-11-12-13-14-15-16-17-18-19-20-21-22-23-24-25-26-32-36-50(56)63-45(43-62-65(58,59)61-40-39-52(3,4)5)42-60-49(55)35-31-28-27-30-34-46-47(54)41-51(57)64-48(46)38-37-44(53)33-29-9-7-2/h13-14,16-17,19-20,27,30,37-38,44-48,51,53-54,57H,6-12,15,18,21-26,28-29,31-36,39-43H2,1-5H3/b14-13-,17-16-,20-19-,30-27-,38-37+/t44-,45+,46-,47-,48+,51?/m0/s1. The molecule has 0 aromatic carbocycles. The van der Waals surface area contributed by atoms with Crippen LogP contribution in [0.25, 0.3) is 0 Å². The van der Waals surface area contributed by atoms with E-state index in [0.717, 1.165) is 70.6 Å². The molecule has 0 aliphatic carbocycles. The number of hydrogen-bond acceptors (Lipinski definition) is 12. The number of unbranched alkanes of at least 4 members (excludes halogenated alkanes) is 13. The zero-order valence-electron chi connectivity index (χ0n) is 40.9. The second kappa shape index (κ2) is 38.5. The smallest absolute Gasteiger partial charge is 0.306 e. The number of esters is 2. The van der Waals surface area contributed by atoms with Crippen molar-refractivity contribution in [3.05, 3.63) is 60.8 Å². The second-order valence-electron chi connectivity index (χ2n) is 18.3. The SMILES string of the molecule is CCCCCC/C=C\C/C=C\C/C=C\CCCCCCCCC(=O)O[C@H](COC(=O)CCC/C=C\C[C@H]1[C@@H](O)CC(O)O[C@@H]1/C=C/[C@@H](O)CCCCC)COP(=O)([O-])OCC[N+](C)(C)C. The van der Waals surface area contributed by atoms with Crippen molar-refractivity contribution in [3.63, 3.8) is 0 Å². The van der Waals surface area contributed by atoms with Gasteiger partial charge in [-0.25, -0.2) is 0 Å². The number of allylic oxidation sites excluding steroid dienone is 8. The molecule has 13 nitrogen and oxygen atoms in total. The van der Waals surface area contributed by atoms with Crippen LogP contribution in [0, 0.1) is 5.92 Å². The van der Waals surface area contributed by atoms with Gasteiger partial charge in [0, 0.05) is 25.2 Å². The summed E-state index contributed by atoms with van der Waals surface area (Å²) in [5, 5.41) is 31.0. The second-order valence-corrected chi connectivity index (χ2v) is 19.8. The first-order valence-corrected chi connectivity index (χ1v) is 26.3. The summed E-state index contributed by atoms with van der Waals surface area (Å²) in [7, 11) is 0.999. The highest BCUT2D eigenvalue weighted by molar-refractivity contribution is 7.45. The Morgan fingerprint density at radius 3 is 1.97 bits per heavy atom. The molecule has 0 bridgehead atoms. The molecule has 0 radical (unpaired) electrons. The van der Waals surface area contributed by atoms with Crippen LogP contribution in [0.15, 0.2) is 60.8 Å². The molecule has 1 aliphatic rings. The molecule has 7 atom stereocenters. The molecule has 65 heavy (non-hydrogen) atoms. The monoisotopic (exact) mass is 940 g/mol. The third kappa shape index (κ3) is 36.3. The van der Waals surface area contributed by atoms with Gasteiger partial charge in [0.1, 0.15) is 19.8 Å². The lowest BCUT2D eigenvalue weighted by Gasteiger charge is -2.36. The maximum Gasteiger partial charge on any atom is 0.306 e. The Morgan fingerprint density at radius 2 is 1.31 bits per heavy atom. The van der Waals surface area contributed by atoms with Crippen LogP contribution in [0.1, 0.15) is 168 Å². The number of phosphoric acid groups is 1. The minimum atomic E-state index is -4.71. The summed E-state index contributed by atoms with van der Waals surface area (Å²) in [5.74, 6) is -1.36. The third-order valence-corrected chi connectivity index (χ3v) is 12.0. The van der Waals surface area contributed by atoms with Crippen molar-refractivity contribution in [2.75, 3.05) is 47.5 Å². The van der Waals surface area contributed by atoms with E-state index < -0.39 is 57.1 Å². The van der Waals surface area contributed by atoms with Crippen molar-refractivity contribution in [2.45, 2.75) is 199 Å². The summed E-state index contributed by atoms with van der Waals surface area (Å²) in [6, 6.07) is 0. The molecule has 1 fully saturated rings. The molecule has 1 aliphatic heterocycles. The van der Waals surface area contributed by atoms with Crippen LogP contribution in [0.2, 0.25) is 0 Å². The number of likely N-dealkylation sites (N-methyl/N-ethyl adjacent to an activating group) is 1. The van der Waals surface area contributed by atoms with E-state index in [9.17, 15) is 34.4 Å². The number of hydrogen-bond donors (Lipinski definition) is 3. The van der Waals surface area contributed by atoms with E-state index in [0.29, 0.717) is 43.1 Å². The molecule has 1 heterocycles. The average molecular weight is 940 g/mol. The van der Waals surface area contributed by atoms with Crippen LogP contribution in [0.3, 0.4) is 0 Å². The number of phosphoric ester groups is 1. The zero-order valence-corrected chi connectivity index (χ0v) is 41.8. The molecule has 0 spiro atoms. The first-order valence-electron chi connectivity index (χ1n) is 24.9. The first-order chi connectivity index (χ1) is 31.2. The van der Waals surface area contributed by atoms with E-state index in [1.165, 1.54) is 32.1 Å². The van der Waals surface area contributed by atoms with Gasteiger partial charge >= 0.3 is 11.9 Å². The number of aliphatic hydroxyl groups is 3. The number of ether oxygens (including phenoxy) is 3. The molecule has 376 valence electrons. The lowest BCUT2D eigenvalue weighted by atomic mass is 9.87. The highest BCUT2D eigenvalue weighted by atomic mass is 31.2. The number of carbonyl (C=O) groups is 2. The maximum atomic E-state index is 12.8. The van der Waals surface area contributed by atoms with E-state index >= 15 is 0 Å². The van der Waals surface area contributed by atoms with Gasteiger partial charge in [-0.3, -0.25) is 14.2 Å². The average Bonchev–Trinajstić information content (AvgIpc) is 3.24. The van der Waals surface area contributed by atoms with Crippen molar-refractivity contribution in [2.24, 2.45) is 5.92 Å². The number of nitrogens with zero attached hydrogens (tertiary/aromatic N) is 1. The van der Waals surface area contributed by atoms with Crippen LogP contribution in [-0.4, -0.2) is 110 Å². The molecule has 1 rings (SSSR count). The third-order valence-electron chi connectivity index (χ3n) is 11.1. The van der Waals surface area contributed by atoms with Crippen molar-refractivity contribution in [1.29, 1.82) is 0 Å². The number of rotatable bonds is 40. The van der Waals surface area contributed by atoms with E-state index in [1.807, 2.05) is 33.3 Å². The summed E-state index contributed by atoms with van der Waals surface area (Å²) in [6.45, 7) is 3.77. The normalized spacial score (nSPS) is 20.4. The molecule has 0 aromatic heterocycles. The largest absolute Gasteiger partial charge is 0.756 e. The fraction of sp³-hybridized carbons (Fsp3) is 0.765. The predicted octanol–water partition coefficient (Wildman–Crippen LogP) is 9.89. The fourth-order valence-electron chi connectivity index (χ4n) is 7.05. The highest BCUT2D eigenvalue weighted by Crippen LogP contribution is 2.38. The Balaban J connectivity index is 2.48.